The lowest BCUT2D eigenvalue weighted by Crippen LogP contribution is -2.45. The van der Waals surface area contributed by atoms with Crippen molar-refractivity contribution in [2.75, 3.05) is 13.2 Å². The van der Waals surface area contributed by atoms with E-state index < -0.39 is 12.1 Å². The standard InChI is InChI=1S/C52H97NO5/c1-3-5-7-9-11-13-15-17-18-19-21-26-30-34-38-42-46-52(57)58-47-43-39-35-31-27-23-22-25-29-33-37-41-45-51(56)53-49(48-54)50(55)44-40-36-32-28-24-20-16-14-12-10-8-6-4-2/h13,15,18-19,40,44,49-50,54-55H,3-12,14,16-17,20-39,41-43,45-48H2,1-2H3,(H,53,56)/b15-13-,19-18-,44-40+. The number of rotatable bonds is 46. The lowest BCUT2D eigenvalue weighted by atomic mass is 10.0. The minimum atomic E-state index is -0.854. The van der Waals surface area contributed by atoms with Gasteiger partial charge >= 0.3 is 5.97 Å². The molecule has 0 bridgehead atoms. The van der Waals surface area contributed by atoms with Crippen molar-refractivity contribution in [1.29, 1.82) is 0 Å². The van der Waals surface area contributed by atoms with Crippen molar-refractivity contribution in [2.45, 2.75) is 270 Å². The fraction of sp³-hybridized carbons (Fsp3) is 0.846. The molecule has 2 unspecified atom stereocenters. The highest BCUT2D eigenvalue weighted by Gasteiger charge is 2.18. The third kappa shape index (κ3) is 43.7. The summed E-state index contributed by atoms with van der Waals surface area (Å²) in [7, 11) is 0. The lowest BCUT2D eigenvalue weighted by Gasteiger charge is -2.20. The quantitative estimate of drug-likeness (QED) is 0.0323. The van der Waals surface area contributed by atoms with Gasteiger partial charge in [-0.25, -0.2) is 0 Å². The summed E-state index contributed by atoms with van der Waals surface area (Å²) in [5.74, 6) is -0.111. The lowest BCUT2D eigenvalue weighted by molar-refractivity contribution is -0.143. The van der Waals surface area contributed by atoms with Crippen molar-refractivity contribution >= 4 is 11.9 Å². The number of esters is 1. The Hall–Kier alpha value is -1.92. The molecule has 6 heteroatoms. The molecule has 0 aromatic rings. The van der Waals surface area contributed by atoms with Gasteiger partial charge < -0.3 is 20.3 Å². The summed E-state index contributed by atoms with van der Waals surface area (Å²) >= 11 is 0. The third-order valence-electron chi connectivity index (χ3n) is 11.4. The second-order valence-electron chi connectivity index (χ2n) is 17.1. The molecule has 0 rings (SSSR count). The van der Waals surface area contributed by atoms with Gasteiger partial charge in [-0.05, 0) is 64.2 Å². The topological polar surface area (TPSA) is 95.9 Å². The molecule has 0 aliphatic rings. The molecule has 0 saturated carbocycles. The van der Waals surface area contributed by atoms with Crippen LogP contribution in [0.3, 0.4) is 0 Å². The van der Waals surface area contributed by atoms with Crippen molar-refractivity contribution in [3.8, 4) is 0 Å². The van der Waals surface area contributed by atoms with Crippen LogP contribution < -0.4 is 5.32 Å². The maximum Gasteiger partial charge on any atom is 0.305 e. The summed E-state index contributed by atoms with van der Waals surface area (Å²) in [6.07, 6.45) is 57.0. The Morgan fingerprint density at radius 2 is 0.862 bits per heavy atom. The highest BCUT2D eigenvalue weighted by molar-refractivity contribution is 5.76. The van der Waals surface area contributed by atoms with Gasteiger partial charge in [0.25, 0.3) is 0 Å². The first-order valence-corrected chi connectivity index (χ1v) is 25.3. The zero-order valence-corrected chi connectivity index (χ0v) is 38.5. The molecule has 0 aliphatic heterocycles. The van der Waals surface area contributed by atoms with E-state index >= 15 is 0 Å². The summed E-state index contributed by atoms with van der Waals surface area (Å²) in [5.41, 5.74) is 0. The monoisotopic (exact) mass is 816 g/mol. The fourth-order valence-corrected chi connectivity index (χ4v) is 7.49. The molecule has 340 valence electrons. The average Bonchev–Trinajstić information content (AvgIpc) is 3.22. The van der Waals surface area contributed by atoms with E-state index in [0.29, 0.717) is 19.4 Å². The summed E-state index contributed by atoms with van der Waals surface area (Å²) in [4.78, 5) is 24.4. The molecule has 0 fully saturated rings. The number of ether oxygens (including phenoxy) is 1. The first-order chi connectivity index (χ1) is 28.5. The number of carbonyl (C=O) groups excluding carboxylic acids is 2. The van der Waals surface area contributed by atoms with E-state index in [2.05, 4.69) is 43.5 Å². The summed E-state index contributed by atoms with van der Waals surface area (Å²) in [5, 5.41) is 23.0. The molecule has 0 saturated heterocycles. The second kappa shape index (κ2) is 47.8. The maximum absolute atomic E-state index is 12.4. The van der Waals surface area contributed by atoms with E-state index in [1.165, 1.54) is 161 Å². The Bertz CT molecular complexity index is 946. The predicted molar refractivity (Wildman–Crippen MR) is 250 cm³/mol. The van der Waals surface area contributed by atoms with Gasteiger partial charge in [0.05, 0.1) is 25.4 Å². The molecular weight excluding hydrogens is 719 g/mol. The number of aliphatic hydroxyl groups is 2. The van der Waals surface area contributed by atoms with Crippen molar-refractivity contribution in [3.63, 3.8) is 0 Å². The second-order valence-corrected chi connectivity index (χ2v) is 17.1. The van der Waals surface area contributed by atoms with Gasteiger partial charge in [0.2, 0.25) is 5.91 Å². The average molecular weight is 816 g/mol. The van der Waals surface area contributed by atoms with E-state index in [-0.39, 0.29) is 18.5 Å². The van der Waals surface area contributed by atoms with Crippen LogP contribution in [-0.2, 0) is 14.3 Å². The molecule has 0 aromatic carbocycles. The molecule has 2 atom stereocenters. The normalized spacial score (nSPS) is 13.0. The Balaban J connectivity index is 3.50. The summed E-state index contributed by atoms with van der Waals surface area (Å²) < 4.78 is 5.45. The first-order valence-electron chi connectivity index (χ1n) is 25.3. The van der Waals surface area contributed by atoms with Crippen LogP contribution in [0.4, 0.5) is 0 Å². The van der Waals surface area contributed by atoms with E-state index in [1.807, 2.05) is 6.08 Å². The number of unbranched alkanes of at least 4 members (excludes halogenated alkanes) is 31. The minimum Gasteiger partial charge on any atom is -0.466 e. The van der Waals surface area contributed by atoms with Crippen LogP contribution in [0, 0.1) is 0 Å². The molecule has 3 N–H and O–H groups in total. The van der Waals surface area contributed by atoms with Gasteiger partial charge in [-0.1, -0.05) is 217 Å². The Morgan fingerprint density at radius 1 is 0.483 bits per heavy atom. The first kappa shape index (κ1) is 56.1. The van der Waals surface area contributed by atoms with Crippen molar-refractivity contribution in [2.24, 2.45) is 0 Å². The summed E-state index contributed by atoms with van der Waals surface area (Å²) in [6.45, 7) is 4.83. The summed E-state index contributed by atoms with van der Waals surface area (Å²) in [6, 6.07) is -0.640. The Labute approximate surface area is 360 Å². The van der Waals surface area contributed by atoms with Crippen LogP contribution in [0.1, 0.15) is 258 Å². The molecule has 0 radical (unpaired) electrons. The zero-order chi connectivity index (χ0) is 42.3. The van der Waals surface area contributed by atoms with E-state index in [4.69, 9.17) is 4.74 Å². The van der Waals surface area contributed by atoms with Gasteiger partial charge in [0.15, 0.2) is 0 Å². The van der Waals surface area contributed by atoms with Crippen LogP contribution in [0.5, 0.6) is 0 Å². The largest absolute Gasteiger partial charge is 0.466 e. The van der Waals surface area contributed by atoms with Gasteiger partial charge in [-0.3, -0.25) is 9.59 Å². The molecule has 6 nitrogen and oxygen atoms in total. The number of carbonyl (C=O) groups is 2. The van der Waals surface area contributed by atoms with Crippen LogP contribution in [0.15, 0.2) is 36.5 Å². The van der Waals surface area contributed by atoms with Crippen LogP contribution in [0.2, 0.25) is 0 Å². The highest BCUT2D eigenvalue weighted by Crippen LogP contribution is 2.15. The van der Waals surface area contributed by atoms with Crippen molar-refractivity contribution in [1.82, 2.24) is 5.32 Å². The molecule has 1 amide bonds. The minimum absolute atomic E-state index is 0.0250. The van der Waals surface area contributed by atoms with E-state index in [0.717, 1.165) is 70.6 Å². The van der Waals surface area contributed by atoms with Crippen LogP contribution >= 0.6 is 0 Å². The van der Waals surface area contributed by atoms with Gasteiger partial charge in [-0.2, -0.15) is 0 Å². The fourth-order valence-electron chi connectivity index (χ4n) is 7.49. The maximum atomic E-state index is 12.4. The number of amides is 1. The third-order valence-corrected chi connectivity index (χ3v) is 11.4. The molecule has 0 spiro atoms. The Kier molecular flexibility index (Phi) is 46.2. The predicted octanol–water partition coefficient (Wildman–Crippen LogP) is 14.9. The van der Waals surface area contributed by atoms with E-state index in [1.54, 1.807) is 6.08 Å². The number of hydrogen-bond acceptors (Lipinski definition) is 5. The van der Waals surface area contributed by atoms with Gasteiger partial charge in [0.1, 0.15) is 0 Å². The van der Waals surface area contributed by atoms with Gasteiger partial charge in [-0.15, -0.1) is 0 Å². The van der Waals surface area contributed by atoms with E-state index in [9.17, 15) is 19.8 Å². The number of aliphatic hydroxyl groups excluding tert-OH is 2. The van der Waals surface area contributed by atoms with Crippen LogP contribution in [-0.4, -0.2) is 47.4 Å². The molecule has 58 heavy (non-hydrogen) atoms. The SMILES string of the molecule is CCCCCC/C=C\C/C=C\CCCCCCCC(=O)OCCCCCCCCCCCCCCC(=O)NC(CO)C(O)/C=C/CCCCCCCCCCCCC. The van der Waals surface area contributed by atoms with Crippen LogP contribution in [0.25, 0.3) is 0 Å². The molecule has 0 aromatic heterocycles. The zero-order valence-electron chi connectivity index (χ0n) is 38.5. The molecule has 0 heterocycles. The van der Waals surface area contributed by atoms with Crippen molar-refractivity contribution in [3.05, 3.63) is 36.5 Å². The Morgan fingerprint density at radius 3 is 1.33 bits per heavy atom. The number of hydrogen-bond donors (Lipinski definition) is 3. The molecule has 0 aliphatic carbocycles. The highest BCUT2D eigenvalue weighted by atomic mass is 16.5. The molecular formula is C52H97NO5. The van der Waals surface area contributed by atoms with Gasteiger partial charge in [0, 0.05) is 12.8 Å². The number of allylic oxidation sites excluding steroid dienone is 5. The smallest absolute Gasteiger partial charge is 0.305 e. The van der Waals surface area contributed by atoms with Crippen molar-refractivity contribution < 1.29 is 24.5 Å². The number of nitrogens with one attached hydrogen (secondary N) is 1.